The molecule has 2 aromatic carbocycles. The number of benzene rings is 2. The second-order valence-electron chi connectivity index (χ2n) is 4.88. The number of halogens is 1. The zero-order valence-electron chi connectivity index (χ0n) is 13.2. The van der Waals surface area contributed by atoms with Gasteiger partial charge in [-0.2, -0.15) is 0 Å². The predicted octanol–water partition coefficient (Wildman–Crippen LogP) is 1.44. The number of fused-ring (bicyclic) bond motifs is 1. The van der Waals surface area contributed by atoms with E-state index in [-0.39, 0.29) is 61.1 Å². The molecule has 120 valence electrons. The number of hydrogen-bond acceptors (Lipinski definition) is 5. The fourth-order valence-corrected chi connectivity index (χ4v) is 2.51. The summed E-state index contributed by atoms with van der Waals surface area (Å²) < 4.78 is 5.72. The molecular weight excluding hydrogens is 403 g/mol. The second-order valence-corrected chi connectivity index (χ2v) is 6.39. The van der Waals surface area contributed by atoms with Gasteiger partial charge in [0.05, 0.1) is 16.6 Å². The molecule has 8 heteroatoms. The Balaban J connectivity index is 0.00000225. The minimum atomic E-state index is -0.183. The van der Waals surface area contributed by atoms with Crippen molar-refractivity contribution >= 4 is 69.3 Å². The van der Waals surface area contributed by atoms with Crippen LogP contribution in [0.5, 0.6) is 0 Å². The van der Waals surface area contributed by atoms with E-state index < -0.39 is 0 Å². The van der Waals surface area contributed by atoms with Crippen molar-refractivity contribution in [1.82, 2.24) is 0 Å². The minimum absolute atomic E-state index is 0. The van der Waals surface area contributed by atoms with Gasteiger partial charge in [-0.05, 0) is 42.5 Å². The largest absolute Gasteiger partial charge is 1.00 e. The Kier molecular flexibility index (Phi) is 7.72. The number of nitrogens with one attached hydrogen (secondary N) is 1. The summed E-state index contributed by atoms with van der Waals surface area (Å²) in [6, 6.07) is 12.1. The van der Waals surface area contributed by atoms with Gasteiger partial charge >= 0.3 is 51.4 Å². The summed E-state index contributed by atoms with van der Waals surface area (Å²) >= 11 is 15.5. The Morgan fingerprint density at radius 3 is 2.64 bits per heavy atom. The molecule has 4 nitrogen and oxygen atoms in total. The summed E-state index contributed by atoms with van der Waals surface area (Å²) in [5.41, 5.74) is 2.11. The van der Waals surface area contributed by atoms with E-state index in [0.717, 1.165) is 5.69 Å². The molecule has 3 aromatic rings. The molecule has 0 fully saturated rings. The Labute approximate surface area is 202 Å². The number of aliphatic imine (C=N–C) groups is 1. The summed E-state index contributed by atoms with van der Waals surface area (Å²) in [5.74, 6) is 0. The van der Waals surface area contributed by atoms with E-state index in [9.17, 15) is 4.79 Å². The van der Waals surface area contributed by atoms with Gasteiger partial charge in [-0.15, -0.1) is 0 Å². The van der Waals surface area contributed by atoms with Crippen molar-refractivity contribution in [2.24, 2.45) is 4.99 Å². The number of nitrogens with zero attached hydrogens (tertiary/aromatic N) is 1. The van der Waals surface area contributed by atoms with Crippen LogP contribution in [-0.2, 0) is 12.6 Å². The Hall–Kier alpha value is -0.644. The van der Waals surface area contributed by atoms with Gasteiger partial charge in [-0.25, -0.2) is 0 Å². The molecule has 0 atom stereocenters. The van der Waals surface area contributed by atoms with Crippen molar-refractivity contribution in [3.8, 4) is 0 Å². The van der Waals surface area contributed by atoms with Gasteiger partial charge in [-0.1, -0.05) is 15.9 Å². The van der Waals surface area contributed by atoms with E-state index in [1.54, 1.807) is 42.5 Å². The molecule has 1 heterocycles. The summed E-state index contributed by atoms with van der Waals surface area (Å²) in [5, 5.41) is 3.76. The molecule has 0 spiro atoms. The van der Waals surface area contributed by atoms with Crippen molar-refractivity contribution in [1.29, 1.82) is 0 Å². The Morgan fingerprint density at radius 1 is 1.24 bits per heavy atom. The van der Waals surface area contributed by atoms with Gasteiger partial charge in [0.2, 0.25) is 5.43 Å². The molecule has 0 saturated heterocycles. The van der Waals surface area contributed by atoms with Crippen LogP contribution in [0.4, 0.5) is 11.4 Å². The quantitative estimate of drug-likeness (QED) is 0.305. The number of hydrogen-bond donors (Lipinski definition) is 1. The van der Waals surface area contributed by atoms with E-state index in [2.05, 4.69) is 10.3 Å². The maximum atomic E-state index is 12.4. The van der Waals surface area contributed by atoms with Crippen LogP contribution in [0.15, 0.2) is 62.9 Å². The van der Waals surface area contributed by atoms with Gasteiger partial charge in [-0.3, -0.25) is 9.79 Å². The smallest absolute Gasteiger partial charge is 0.463 e. The number of rotatable bonds is 3. The van der Waals surface area contributed by atoms with Crippen molar-refractivity contribution in [3.05, 3.63) is 69.5 Å². The molecular formula is C17H10ClKN2O2S2. The van der Waals surface area contributed by atoms with E-state index in [0.29, 0.717) is 27.2 Å². The van der Waals surface area contributed by atoms with Gasteiger partial charge < -0.3 is 34.6 Å². The predicted molar refractivity (Wildman–Crippen MR) is 105 cm³/mol. The molecule has 1 aromatic heterocycles. The first-order valence-electron chi connectivity index (χ1n) is 6.86. The zero-order chi connectivity index (χ0) is 17.1. The second kappa shape index (κ2) is 9.34. The minimum Gasteiger partial charge on any atom is -0.463 e. The van der Waals surface area contributed by atoms with Crippen LogP contribution in [0.1, 0.15) is 5.56 Å². The standard InChI is InChI=1S/C17H11ClN2O2S2.K/c18-11-1-6-15-14(7-11)16(21)10(9-22-15)8-19-12-2-4-13(5-3-12)20-17(23)24;/h1-9H,(H2,20,23,24);/q;+1/p-1. The van der Waals surface area contributed by atoms with Crippen LogP contribution in [0, 0.1) is 0 Å². The third-order valence-corrected chi connectivity index (χ3v) is 3.67. The maximum Gasteiger partial charge on any atom is 1.00 e. The molecule has 1 N–H and O–H groups in total. The van der Waals surface area contributed by atoms with Crippen LogP contribution in [0.2, 0.25) is 5.02 Å². The number of anilines is 1. The summed E-state index contributed by atoms with van der Waals surface area (Å²) in [6.07, 6.45) is 2.85. The Morgan fingerprint density at radius 2 is 1.96 bits per heavy atom. The molecule has 0 saturated carbocycles. The molecule has 0 unspecified atom stereocenters. The summed E-state index contributed by atoms with van der Waals surface area (Å²) in [4.78, 5) is 16.7. The van der Waals surface area contributed by atoms with Crippen molar-refractivity contribution < 1.29 is 55.8 Å². The molecule has 25 heavy (non-hydrogen) atoms. The van der Waals surface area contributed by atoms with Crippen molar-refractivity contribution in [2.45, 2.75) is 0 Å². The topological polar surface area (TPSA) is 54.6 Å². The van der Waals surface area contributed by atoms with Gasteiger partial charge in [0.25, 0.3) is 0 Å². The van der Waals surface area contributed by atoms with E-state index in [1.165, 1.54) is 12.5 Å². The first kappa shape index (κ1) is 20.7. The van der Waals surface area contributed by atoms with Crippen LogP contribution in [0.25, 0.3) is 11.0 Å². The average molecular weight is 413 g/mol. The SMILES string of the molecule is O=c1c(C=Nc2ccc(NC(=S)[S-])cc2)coc2ccc(Cl)cc12.[K+]. The van der Waals surface area contributed by atoms with Crippen molar-refractivity contribution in [3.63, 3.8) is 0 Å². The van der Waals surface area contributed by atoms with E-state index in [4.69, 9.17) is 40.9 Å². The van der Waals surface area contributed by atoms with Crippen LogP contribution in [0.3, 0.4) is 0 Å². The third kappa shape index (κ3) is 5.41. The number of thiocarbonyl (C=S) groups is 1. The molecule has 3 rings (SSSR count). The Bertz CT molecular complexity index is 1000. The maximum absolute atomic E-state index is 12.4. The van der Waals surface area contributed by atoms with E-state index in [1.807, 2.05) is 0 Å². The molecule has 0 bridgehead atoms. The van der Waals surface area contributed by atoms with Gasteiger partial charge in [0.1, 0.15) is 11.8 Å². The first-order chi connectivity index (χ1) is 11.5. The molecule has 0 aliphatic heterocycles. The van der Waals surface area contributed by atoms with Crippen molar-refractivity contribution in [2.75, 3.05) is 5.32 Å². The zero-order valence-corrected chi connectivity index (χ0v) is 18.7. The fourth-order valence-electron chi connectivity index (χ4n) is 2.10. The van der Waals surface area contributed by atoms with Crippen LogP contribution < -0.4 is 62.1 Å². The monoisotopic (exact) mass is 412 g/mol. The van der Waals surface area contributed by atoms with Crippen LogP contribution in [-0.4, -0.2) is 10.5 Å². The molecule has 0 aliphatic rings. The average Bonchev–Trinajstić information content (AvgIpc) is 2.56. The van der Waals surface area contributed by atoms with Gasteiger partial charge in [0.15, 0.2) is 0 Å². The van der Waals surface area contributed by atoms with Crippen LogP contribution >= 0.6 is 23.8 Å². The summed E-state index contributed by atoms with van der Waals surface area (Å²) in [7, 11) is 0. The first-order valence-corrected chi connectivity index (χ1v) is 8.05. The molecule has 0 amide bonds. The van der Waals surface area contributed by atoms with E-state index >= 15 is 0 Å². The summed E-state index contributed by atoms with van der Waals surface area (Å²) in [6.45, 7) is 0. The third-order valence-electron chi connectivity index (χ3n) is 3.23. The van der Waals surface area contributed by atoms with Gasteiger partial charge in [0, 0.05) is 16.9 Å². The fraction of sp³-hybridized carbons (Fsp3) is 0. The molecule has 0 aliphatic carbocycles. The molecule has 0 radical (unpaired) electrons. The normalized spacial score (nSPS) is 10.6.